The lowest BCUT2D eigenvalue weighted by atomic mass is 10.2. The summed E-state index contributed by atoms with van der Waals surface area (Å²) >= 11 is 0. The zero-order chi connectivity index (χ0) is 12.3. The molecule has 0 spiro atoms. The van der Waals surface area contributed by atoms with Gasteiger partial charge in [-0.2, -0.15) is 0 Å². The monoisotopic (exact) mass is 243 g/mol. The molecule has 2 heterocycles. The summed E-state index contributed by atoms with van der Waals surface area (Å²) in [6.07, 6.45) is 0.0466. The molecule has 7 nitrogen and oxygen atoms in total. The number of rotatable bonds is 2. The third-order valence-corrected chi connectivity index (χ3v) is 2.60. The van der Waals surface area contributed by atoms with Gasteiger partial charge in [0.2, 0.25) is 0 Å². The van der Waals surface area contributed by atoms with Crippen molar-refractivity contribution in [2.75, 3.05) is 13.2 Å². The van der Waals surface area contributed by atoms with Gasteiger partial charge in [-0.25, -0.2) is 4.79 Å². The van der Waals surface area contributed by atoms with Crippen molar-refractivity contribution in [1.82, 2.24) is 5.06 Å². The van der Waals surface area contributed by atoms with Crippen molar-refractivity contribution in [1.29, 1.82) is 0 Å². The lowest BCUT2D eigenvalue weighted by molar-refractivity contribution is -0.179. The van der Waals surface area contributed by atoms with Gasteiger partial charge in [0.25, 0.3) is 11.8 Å². The number of amides is 2. The van der Waals surface area contributed by atoms with Gasteiger partial charge in [0.05, 0.1) is 13.2 Å². The highest BCUT2D eigenvalue weighted by molar-refractivity contribution is 6.01. The highest BCUT2D eigenvalue weighted by Gasteiger charge is 2.34. The van der Waals surface area contributed by atoms with Gasteiger partial charge in [-0.15, -0.1) is 0 Å². The molecule has 0 N–H and O–H groups in total. The molecule has 7 heteroatoms. The van der Waals surface area contributed by atoms with Gasteiger partial charge in [-0.05, 0) is 0 Å². The summed E-state index contributed by atoms with van der Waals surface area (Å²) in [5.74, 6) is -1.03. The van der Waals surface area contributed by atoms with E-state index in [2.05, 4.69) is 4.84 Å². The number of hydroxylamine groups is 2. The van der Waals surface area contributed by atoms with Crippen LogP contribution >= 0.6 is 0 Å². The fraction of sp³-hybridized carbons (Fsp3) is 0.700. The van der Waals surface area contributed by atoms with E-state index in [1.165, 1.54) is 0 Å². The molecule has 2 rings (SSSR count). The molecule has 0 bridgehead atoms. The number of carbonyl (C=O) groups is 3. The topological polar surface area (TPSA) is 82.1 Å². The summed E-state index contributed by atoms with van der Waals surface area (Å²) < 4.78 is 10.1. The van der Waals surface area contributed by atoms with Crippen LogP contribution in [0.25, 0.3) is 0 Å². The second kappa shape index (κ2) is 5.13. The minimum Gasteiger partial charge on any atom is -0.429 e. The zero-order valence-corrected chi connectivity index (χ0v) is 9.22. The Morgan fingerprint density at radius 2 is 1.76 bits per heavy atom. The van der Waals surface area contributed by atoms with Crippen LogP contribution in [0.15, 0.2) is 0 Å². The molecule has 2 saturated heterocycles. The van der Waals surface area contributed by atoms with Crippen molar-refractivity contribution in [3.05, 3.63) is 0 Å². The maximum Gasteiger partial charge on any atom is 0.534 e. The van der Waals surface area contributed by atoms with Gasteiger partial charge in [0.1, 0.15) is 6.10 Å². The van der Waals surface area contributed by atoms with E-state index in [1.54, 1.807) is 0 Å². The Labute approximate surface area is 97.6 Å². The first-order valence-electron chi connectivity index (χ1n) is 5.49. The third kappa shape index (κ3) is 2.94. The standard InChI is InChI=1S/C10H13NO6/c12-8-1-2-9(13)11(8)17-10(14)16-7-3-5-15-6-4-7/h7H,1-6H2. The van der Waals surface area contributed by atoms with Crippen molar-refractivity contribution < 1.29 is 28.7 Å². The summed E-state index contributed by atoms with van der Waals surface area (Å²) in [5.41, 5.74) is 0. The zero-order valence-electron chi connectivity index (χ0n) is 9.22. The molecule has 2 aliphatic rings. The maximum absolute atomic E-state index is 11.3. The molecular weight excluding hydrogens is 230 g/mol. The smallest absolute Gasteiger partial charge is 0.429 e. The second-order valence-electron chi connectivity index (χ2n) is 3.85. The number of ether oxygens (including phenoxy) is 2. The Hall–Kier alpha value is -1.63. The van der Waals surface area contributed by atoms with E-state index in [0.717, 1.165) is 0 Å². The van der Waals surface area contributed by atoms with E-state index < -0.39 is 18.0 Å². The maximum atomic E-state index is 11.3. The molecular formula is C10H13NO6. The van der Waals surface area contributed by atoms with Gasteiger partial charge in [-0.1, -0.05) is 5.06 Å². The van der Waals surface area contributed by atoms with Crippen LogP contribution in [-0.2, 0) is 23.9 Å². The lowest BCUT2D eigenvalue weighted by Crippen LogP contribution is -2.34. The molecule has 0 unspecified atom stereocenters. The highest BCUT2D eigenvalue weighted by Crippen LogP contribution is 2.15. The first-order valence-corrected chi connectivity index (χ1v) is 5.49. The summed E-state index contributed by atoms with van der Waals surface area (Å²) in [6.45, 7) is 1.05. The van der Waals surface area contributed by atoms with Crippen LogP contribution in [0.1, 0.15) is 25.7 Å². The van der Waals surface area contributed by atoms with Crippen LogP contribution in [0.3, 0.4) is 0 Å². The van der Waals surface area contributed by atoms with Crippen molar-refractivity contribution in [3.63, 3.8) is 0 Å². The normalized spacial score (nSPS) is 21.8. The lowest BCUT2D eigenvalue weighted by Gasteiger charge is -2.22. The van der Waals surface area contributed by atoms with Crippen LogP contribution < -0.4 is 0 Å². The number of hydrogen-bond acceptors (Lipinski definition) is 6. The molecule has 94 valence electrons. The SMILES string of the molecule is O=C(OC1CCOCC1)ON1C(=O)CCC1=O. The Bertz CT molecular complexity index is 320. The van der Waals surface area contributed by atoms with Crippen molar-refractivity contribution in [2.45, 2.75) is 31.8 Å². The molecule has 2 amide bonds. The van der Waals surface area contributed by atoms with E-state index in [1.807, 2.05) is 0 Å². The fourth-order valence-electron chi connectivity index (χ4n) is 1.68. The Balaban J connectivity index is 1.80. The number of imide groups is 1. The van der Waals surface area contributed by atoms with Gasteiger partial charge >= 0.3 is 6.16 Å². The predicted molar refractivity (Wildman–Crippen MR) is 52.5 cm³/mol. The quantitative estimate of drug-likeness (QED) is 0.515. The first kappa shape index (κ1) is 11.8. The number of nitrogens with zero attached hydrogens (tertiary/aromatic N) is 1. The van der Waals surface area contributed by atoms with E-state index in [0.29, 0.717) is 31.1 Å². The Morgan fingerprint density at radius 3 is 2.35 bits per heavy atom. The summed E-state index contributed by atoms with van der Waals surface area (Å²) in [5, 5.41) is 0.474. The Kier molecular flexibility index (Phi) is 3.58. The molecule has 2 aliphatic heterocycles. The summed E-state index contributed by atoms with van der Waals surface area (Å²) in [6, 6.07) is 0. The van der Waals surface area contributed by atoms with Crippen LogP contribution in [0.2, 0.25) is 0 Å². The molecule has 0 aromatic heterocycles. The molecule has 2 fully saturated rings. The first-order chi connectivity index (χ1) is 8.16. The Morgan fingerprint density at radius 1 is 1.18 bits per heavy atom. The summed E-state index contributed by atoms with van der Waals surface area (Å²) in [4.78, 5) is 38.2. The molecule has 0 aromatic rings. The van der Waals surface area contributed by atoms with E-state index in [4.69, 9.17) is 9.47 Å². The predicted octanol–water partition coefficient (Wildman–Crippen LogP) is 0.383. The molecule has 0 radical (unpaired) electrons. The van der Waals surface area contributed by atoms with Crippen LogP contribution in [0, 0.1) is 0 Å². The molecule has 0 atom stereocenters. The number of carbonyl (C=O) groups excluding carboxylic acids is 3. The third-order valence-electron chi connectivity index (χ3n) is 2.60. The average molecular weight is 243 g/mol. The van der Waals surface area contributed by atoms with Gasteiger partial charge in [-0.3, -0.25) is 14.4 Å². The summed E-state index contributed by atoms with van der Waals surface area (Å²) in [7, 11) is 0. The minimum atomic E-state index is -1.01. The van der Waals surface area contributed by atoms with E-state index in [9.17, 15) is 14.4 Å². The van der Waals surface area contributed by atoms with Crippen molar-refractivity contribution in [3.8, 4) is 0 Å². The van der Waals surface area contributed by atoms with Crippen LogP contribution in [0.5, 0.6) is 0 Å². The van der Waals surface area contributed by atoms with Crippen molar-refractivity contribution >= 4 is 18.0 Å². The molecule has 0 aromatic carbocycles. The minimum absolute atomic E-state index is 0.0728. The van der Waals surface area contributed by atoms with Crippen LogP contribution in [0.4, 0.5) is 4.79 Å². The molecule has 17 heavy (non-hydrogen) atoms. The van der Waals surface area contributed by atoms with Gasteiger partial charge in [0.15, 0.2) is 0 Å². The van der Waals surface area contributed by atoms with E-state index in [-0.39, 0.29) is 18.9 Å². The van der Waals surface area contributed by atoms with Crippen LogP contribution in [-0.4, -0.2) is 42.4 Å². The molecule has 0 saturated carbocycles. The van der Waals surface area contributed by atoms with Gasteiger partial charge < -0.3 is 9.47 Å². The van der Waals surface area contributed by atoms with Gasteiger partial charge in [0, 0.05) is 25.7 Å². The highest BCUT2D eigenvalue weighted by atomic mass is 16.8. The molecule has 0 aliphatic carbocycles. The van der Waals surface area contributed by atoms with Crippen molar-refractivity contribution in [2.24, 2.45) is 0 Å². The average Bonchev–Trinajstić information content (AvgIpc) is 2.62. The van der Waals surface area contributed by atoms with E-state index >= 15 is 0 Å². The largest absolute Gasteiger partial charge is 0.534 e. The second-order valence-corrected chi connectivity index (χ2v) is 3.85. The fourth-order valence-corrected chi connectivity index (χ4v) is 1.68. The number of hydrogen-bond donors (Lipinski definition) is 0.